The first-order valence-corrected chi connectivity index (χ1v) is 11.2. The monoisotopic (exact) mass is 456 g/mol. The Morgan fingerprint density at radius 3 is 2.57 bits per heavy atom. The van der Waals surface area contributed by atoms with Gasteiger partial charge in [-0.3, -0.25) is 4.79 Å². The first kappa shape index (κ1) is 20.7. The lowest BCUT2D eigenvalue weighted by Crippen LogP contribution is -2.04. The summed E-state index contributed by atoms with van der Waals surface area (Å²) >= 11 is 8.98. The summed E-state index contributed by atoms with van der Waals surface area (Å²) in [4.78, 5) is 22.5. The van der Waals surface area contributed by atoms with Crippen LogP contribution in [0.25, 0.3) is 21.3 Å². The van der Waals surface area contributed by atoms with E-state index in [1.54, 1.807) is 43.8 Å². The maximum absolute atomic E-state index is 12.8. The number of ketones is 1. The van der Waals surface area contributed by atoms with Gasteiger partial charge in [0.2, 0.25) is 0 Å². The Kier molecular flexibility index (Phi) is 6.22. The molecular weight excluding hydrogens is 440 g/mol. The van der Waals surface area contributed by atoms with Gasteiger partial charge in [0.25, 0.3) is 0 Å². The lowest BCUT2D eigenvalue weighted by Gasteiger charge is -2.09. The summed E-state index contributed by atoms with van der Waals surface area (Å²) in [5.41, 5.74) is 2.63. The maximum atomic E-state index is 12.8. The average molecular weight is 457 g/mol. The van der Waals surface area contributed by atoms with Crippen LogP contribution in [0.4, 0.5) is 0 Å². The van der Waals surface area contributed by atoms with Gasteiger partial charge in [-0.1, -0.05) is 35.5 Å². The molecule has 4 aromatic rings. The highest BCUT2D eigenvalue weighted by Crippen LogP contribution is 2.38. The summed E-state index contributed by atoms with van der Waals surface area (Å²) in [6, 6.07) is 12.8. The number of thioether (sulfide) groups is 1. The molecule has 2 aromatic heterocycles. The molecule has 0 unspecified atom stereocenters. The Morgan fingerprint density at radius 2 is 1.83 bits per heavy atom. The number of hydrogen-bond donors (Lipinski definition) is 0. The number of ether oxygens (including phenoxy) is 2. The number of methoxy groups -OCH3 is 2. The quantitative estimate of drug-likeness (QED) is 0.193. The lowest BCUT2D eigenvalue weighted by atomic mass is 10.1. The van der Waals surface area contributed by atoms with Crippen LogP contribution in [-0.2, 0) is 0 Å². The predicted molar refractivity (Wildman–Crippen MR) is 122 cm³/mol. The number of aromatic nitrogens is 2. The van der Waals surface area contributed by atoms with Crippen molar-refractivity contribution in [3.63, 3.8) is 0 Å². The van der Waals surface area contributed by atoms with Crippen LogP contribution in [0.2, 0.25) is 5.02 Å². The molecule has 0 atom stereocenters. The average Bonchev–Trinajstić information content (AvgIpc) is 3.22. The normalized spacial score (nSPS) is 10.9. The molecule has 0 saturated carbocycles. The number of halogens is 1. The van der Waals surface area contributed by atoms with Gasteiger partial charge >= 0.3 is 0 Å². The van der Waals surface area contributed by atoms with Crippen molar-refractivity contribution in [2.75, 3.05) is 20.0 Å². The van der Waals surface area contributed by atoms with E-state index < -0.39 is 0 Å². The first-order chi connectivity index (χ1) is 14.6. The molecule has 0 radical (unpaired) electrons. The van der Waals surface area contributed by atoms with E-state index in [1.807, 2.05) is 24.3 Å². The number of carbonyl (C=O) groups is 1. The summed E-state index contributed by atoms with van der Waals surface area (Å²) in [6.07, 6.45) is 1.54. The molecule has 4 rings (SSSR count). The van der Waals surface area contributed by atoms with Crippen molar-refractivity contribution in [1.29, 1.82) is 0 Å². The third-order valence-corrected chi connectivity index (χ3v) is 6.66. The molecule has 8 heteroatoms. The third-order valence-electron chi connectivity index (χ3n) is 4.54. The molecule has 0 aliphatic rings. The fourth-order valence-electron chi connectivity index (χ4n) is 3.03. The zero-order valence-corrected chi connectivity index (χ0v) is 18.6. The molecule has 0 saturated heterocycles. The maximum Gasteiger partial charge on any atom is 0.173 e. The topological polar surface area (TPSA) is 61.3 Å². The number of hydrogen-bond acceptors (Lipinski definition) is 7. The highest BCUT2D eigenvalue weighted by atomic mass is 35.5. The Hall–Kier alpha value is -2.61. The molecule has 152 valence electrons. The van der Waals surface area contributed by atoms with Gasteiger partial charge in [0.05, 0.1) is 25.4 Å². The van der Waals surface area contributed by atoms with Crippen LogP contribution in [0.5, 0.6) is 11.5 Å². The summed E-state index contributed by atoms with van der Waals surface area (Å²) in [7, 11) is 3.11. The van der Waals surface area contributed by atoms with Crippen LogP contribution >= 0.6 is 34.7 Å². The minimum absolute atomic E-state index is 0.0176. The lowest BCUT2D eigenvalue weighted by molar-refractivity contribution is 0.102. The van der Waals surface area contributed by atoms with Crippen LogP contribution < -0.4 is 9.47 Å². The number of Topliss-reactive ketones (excluding diaryl/α,β-unsaturated/α-hetero) is 1. The molecule has 0 amide bonds. The largest absolute Gasteiger partial charge is 0.493 e. The Bertz CT molecular complexity index is 1210. The summed E-state index contributed by atoms with van der Waals surface area (Å²) < 4.78 is 10.5. The summed E-state index contributed by atoms with van der Waals surface area (Å²) in [6.45, 7) is 0. The van der Waals surface area contributed by atoms with Crippen molar-refractivity contribution in [1.82, 2.24) is 9.97 Å². The Labute approximate surface area is 187 Å². The van der Waals surface area contributed by atoms with Gasteiger partial charge in [-0.2, -0.15) is 0 Å². The van der Waals surface area contributed by atoms with Gasteiger partial charge in [-0.25, -0.2) is 9.97 Å². The minimum atomic E-state index is -0.0176. The van der Waals surface area contributed by atoms with Gasteiger partial charge in [-0.05, 0) is 35.9 Å². The van der Waals surface area contributed by atoms with E-state index in [4.69, 9.17) is 21.1 Å². The Balaban J connectivity index is 1.61. The molecule has 0 fully saturated rings. The second kappa shape index (κ2) is 9.04. The first-order valence-electron chi connectivity index (χ1n) is 8.97. The van der Waals surface area contributed by atoms with Gasteiger partial charge < -0.3 is 9.47 Å². The van der Waals surface area contributed by atoms with Crippen molar-refractivity contribution in [2.45, 2.75) is 5.03 Å². The molecule has 0 spiro atoms. The van der Waals surface area contributed by atoms with Crippen molar-refractivity contribution in [2.24, 2.45) is 0 Å². The molecule has 30 heavy (non-hydrogen) atoms. The van der Waals surface area contributed by atoms with Crippen molar-refractivity contribution < 1.29 is 14.3 Å². The molecule has 2 aromatic carbocycles. The summed E-state index contributed by atoms with van der Waals surface area (Å²) in [5, 5.41) is 4.47. The second-order valence-corrected chi connectivity index (χ2v) is 8.56. The number of rotatable bonds is 7. The summed E-state index contributed by atoms with van der Waals surface area (Å²) in [5.74, 6) is 1.35. The SMILES string of the molecule is COc1ccc(C(=O)CSc2ncnc3scc(-c4ccc(Cl)cc4)c23)cc1OC. The molecule has 0 N–H and O–H groups in total. The highest BCUT2D eigenvalue weighted by molar-refractivity contribution is 8.00. The molecule has 0 aliphatic heterocycles. The van der Waals surface area contributed by atoms with Crippen molar-refractivity contribution in [3.05, 3.63) is 64.8 Å². The van der Waals surface area contributed by atoms with Crippen LogP contribution in [0.15, 0.2) is 59.2 Å². The van der Waals surface area contributed by atoms with Crippen LogP contribution in [0.1, 0.15) is 10.4 Å². The van der Waals surface area contributed by atoms with Gasteiger partial charge in [0.1, 0.15) is 16.2 Å². The van der Waals surface area contributed by atoms with Crippen LogP contribution in [-0.4, -0.2) is 35.7 Å². The number of carbonyl (C=O) groups excluding carboxylic acids is 1. The van der Waals surface area contributed by atoms with Gasteiger partial charge in [0, 0.05) is 21.5 Å². The smallest absolute Gasteiger partial charge is 0.173 e. The van der Waals surface area contributed by atoms with Gasteiger partial charge in [-0.15, -0.1) is 11.3 Å². The molecule has 5 nitrogen and oxygen atoms in total. The van der Waals surface area contributed by atoms with E-state index in [-0.39, 0.29) is 11.5 Å². The molecular formula is C22H17ClN2O3S2. The standard InChI is InChI=1S/C22H17ClN2O3S2/c1-27-18-8-5-14(9-19(18)28-2)17(26)11-30-22-20-16(10-29-21(20)24-12-25-22)13-3-6-15(23)7-4-13/h3-10,12H,11H2,1-2H3. The van der Waals surface area contributed by atoms with E-state index in [0.717, 1.165) is 26.4 Å². The number of nitrogens with zero attached hydrogens (tertiary/aromatic N) is 2. The van der Waals surface area contributed by atoms with E-state index in [0.29, 0.717) is 22.1 Å². The second-order valence-electron chi connectivity index (χ2n) is 6.30. The zero-order valence-electron chi connectivity index (χ0n) is 16.2. The number of benzene rings is 2. The predicted octanol–water partition coefficient (Wildman–Crippen LogP) is 6.00. The van der Waals surface area contributed by atoms with Crippen LogP contribution in [0.3, 0.4) is 0 Å². The van der Waals surface area contributed by atoms with E-state index in [2.05, 4.69) is 15.3 Å². The van der Waals surface area contributed by atoms with Crippen molar-refractivity contribution >= 4 is 50.7 Å². The van der Waals surface area contributed by atoms with Gasteiger partial charge in [0.15, 0.2) is 17.3 Å². The van der Waals surface area contributed by atoms with E-state index in [9.17, 15) is 4.79 Å². The zero-order chi connectivity index (χ0) is 21.1. The third kappa shape index (κ3) is 4.14. The van der Waals surface area contributed by atoms with E-state index in [1.165, 1.54) is 18.1 Å². The Morgan fingerprint density at radius 1 is 1.07 bits per heavy atom. The van der Waals surface area contributed by atoms with Crippen LogP contribution in [0, 0.1) is 0 Å². The number of thiophene rings is 1. The molecule has 0 aliphatic carbocycles. The minimum Gasteiger partial charge on any atom is -0.493 e. The molecule has 0 bridgehead atoms. The molecule has 2 heterocycles. The van der Waals surface area contributed by atoms with Crippen molar-refractivity contribution in [3.8, 4) is 22.6 Å². The highest BCUT2D eigenvalue weighted by Gasteiger charge is 2.16. The fourth-order valence-corrected chi connectivity index (χ4v) is 5.04. The van der Waals surface area contributed by atoms with E-state index >= 15 is 0 Å². The number of fused-ring (bicyclic) bond motifs is 1. The fraction of sp³-hybridized carbons (Fsp3) is 0.136.